The van der Waals surface area contributed by atoms with Gasteiger partial charge in [-0.3, -0.25) is 8.93 Å². The highest BCUT2D eigenvalue weighted by molar-refractivity contribution is 7.21. The highest BCUT2D eigenvalue weighted by Gasteiger charge is 1.72. The van der Waals surface area contributed by atoms with Crippen molar-refractivity contribution in [2.45, 2.75) is 6.42 Å². The zero-order chi connectivity index (χ0) is 8.49. The van der Waals surface area contributed by atoms with Gasteiger partial charge in [-0.15, -0.1) is 0 Å². The molecule has 0 aliphatic heterocycles. The van der Waals surface area contributed by atoms with Gasteiger partial charge in [-0.2, -0.15) is 0 Å². The van der Waals surface area contributed by atoms with Crippen LogP contribution >= 0.6 is 8.43 Å². The highest BCUT2D eigenvalue weighted by Crippen LogP contribution is 1.96. The largest absolute Gasteiger partial charge is 0.296 e. The lowest BCUT2D eigenvalue weighted by atomic mass is 10.5. The van der Waals surface area contributed by atoms with Crippen molar-refractivity contribution in [2.24, 2.45) is 0 Å². The first-order chi connectivity index (χ1) is 6.00. The van der Waals surface area contributed by atoms with Gasteiger partial charge in [0.1, 0.15) is 6.26 Å². The molecule has 0 fully saturated rings. The summed E-state index contributed by atoms with van der Waals surface area (Å²) in [7, 11) is 0.329. The fourth-order valence-corrected chi connectivity index (χ4v) is 1.00. The van der Waals surface area contributed by atoms with Gasteiger partial charge in [-0.25, -0.2) is 0 Å². The van der Waals surface area contributed by atoms with Gasteiger partial charge in [-0.1, -0.05) is 30.4 Å². The molecule has 0 amide bonds. The number of hydrogen-bond acceptors (Lipinski definition) is 2. The zero-order valence-corrected chi connectivity index (χ0v) is 7.64. The van der Waals surface area contributed by atoms with Crippen molar-refractivity contribution >= 4 is 8.43 Å². The summed E-state index contributed by atoms with van der Waals surface area (Å²) in [5.41, 5.74) is 0. The van der Waals surface area contributed by atoms with Crippen molar-refractivity contribution in [2.75, 3.05) is 0 Å². The quantitative estimate of drug-likeness (QED) is 0.573. The monoisotopic (exact) mass is 182 g/mol. The molecule has 0 saturated carbocycles. The molecule has 0 radical (unpaired) electrons. The molecular formula is C9H11O2P. The van der Waals surface area contributed by atoms with E-state index in [-0.39, 0.29) is 0 Å². The topological polar surface area (TPSA) is 26.3 Å². The molecule has 1 aromatic heterocycles. The van der Waals surface area contributed by atoms with Crippen molar-refractivity contribution in [3.63, 3.8) is 0 Å². The predicted octanol–water partition coefficient (Wildman–Crippen LogP) is 3.53. The van der Waals surface area contributed by atoms with Crippen LogP contribution in [0.25, 0.3) is 0 Å². The minimum Gasteiger partial charge on any atom is -0.296 e. The maximum atomic E-state index is 4.55. The van der Waals surface area contributed by atoms with E-state index in [0.717, 1.165) is 6.42 Å². The Kier molecular flexibility index (Phi) is 4.90. The number of allylic oxidation sites excluding steroid dienone is 4. The Morgan fingerprint density at radius 2 is 1.92 bits per heavy atom. The van der Waals surface area contributed by atoms with Crippen LogP contribution in [0.3, 0.4) is 0 Å². The zero-order valence-electron chi connectivity index (χ0n) is 6.64. The first-order valence-corrected chi connectivity index (χ1v) is 4.70. The molecule has 0 spiro atoms. The minimum absolute atomic E-state index is 0.329. The smallest absolute Gasteiger partial charge is 0.143 e. The van der Waals surface area contributed by atoms with Crippen LogP contribution in [0, 0.1) is 0 Å². The Balaban J connectivity index is 0.000000127. The van der Waals surface area contributed by atoms with Crippen molar-refractivity contribution in [1.29, 1.82) is 0 Å². The Morgan fingerprint density at radius 3 is 2.58 bits per heavy atom. The van der Waals surface area contributed by atoms with Gasteiger partial charge >= 0.3 is 0 Å². The van der Waals surface area contributed by atoms with Gasteiger partial charge in [0.2, 0.25) is 0 Å². The summed E-state index contributed by atoms with van der Waals surface area (Å²) in [6, 6.07) is 3.66. The summed E-state index contributed by atoms with van der Waals surface area (Å²) >= 11 is 0. The molecule has 0 aromatic carbocycles. The van der Waals surface area contributed by atoms with E-state index in [1.54, 1.807) is 6.07 Å². The molecule has 0 saturated heterocycles. The van der Waals surface area contributed by atoms with Crippen LogP contribution in [0.15, 0.2) is 57.4 Å². The van der Waals surface area contributed by atoms with Gasteiger partial charge < -0.3 is 0 Å². The van der Waals surface area contributed by atoms with Crippen LogP contribution in [0.1, 0.15) is 6.42 Å². The first kappa shape index (κ1) is 8.95. The predicted molar refractivity (Wildman–Crippen MR) is 51.0 cm³/mol. The van der Waals surface area contributed by atoms with E-state index in [1.807, 2.05) is 11.9 Å². The fraction of sp³-hybridized carbons (Fsp3) is 0.111. The highest BCUT2D eigenvalue weighted by atomic mass is 31.1. The van der Waals surface area contributed by atoms with Crippen molar-refractivity contribution in [3.8, 4) is 0 Å². The summed E-state index contributed by atoms with van der Waals surface area (Å²) in [4.78, 5) is 0. The second kappa shape index (κ2) is 6.56. The summed E-state index contributed by atoms with van der Waals surface area (Å²) in [6.45, 7) is 0. The van der Waals surface area contributed by atoms with Crippen LogP contribution < -0.4 is 0 Å². The van der Waals surface area contributed by atoms with Gasteiger partial charge in [0.05, 0.1) is 8.43 Å². The fourth-order valence-electron chi connectivity index (χ4n) is 0.648. The lowest BCUT2D eigenvalue weighted by molar-refractivity contribution is 0.102. The summed E-state index contributed by atoms with van der Waals surface area (Å²) < 4.78 is 9.01. The molecule has 12 heavy (non-hydrogen) atoms. The number of hydrogen-bond donors (Lipinski definition) is 0. The van der Waals surface area contributed by atoms with Gasteiger partial charge in [0.25, 0.3) is 0 Å². The lowest BCUT2D eigenvalue weighted by Crippen LogP contribution is -1.37. The normalized spacial score (nSPS) is 12.7. The van der Waals surface area contributed by atoms with Crippen LogP contribution in [0.2, 0.25) is 0 Å². The second-order valence-corrected chi connectivity index (χ2v) is 2.81. The van der Waals surface area contributed by atoms with E-state index < -0.39 is 0 Å². The summed E-state index contributed by atoms with van der Waals surface area (Å²) in [5, 5.41) is 0. The molecule has 0 N–H and O–H groups in total. The third kappa shape index (κ3) is 4.64. The van der Waals surface area contributed by atoms with Crippen LogP contribution in [0.5, 0.6) is 0 Å². The minimum atomic E-state index is 0.329. The van der Waals surface area contributed by atoms with Crippen LogP contribution in [-0.4, -0.2) is 0 Å². The summed E-state index contributed by atoms with van der Waals surface area (Å²) in [5.74, 6) is 1.89. The maximum absolute atomic E-state index is 4.55. The second-order valence-electron chi connectivity index (χ2n) is 2.08. The third-order valence-electron chi connectivity index (χ3n) is 1.16. The third-order valence-corrected chi connectivity index (χ3v) is 1.68. The molecule has 2 rings (SSSR count). The molecule has 1 aliphatic rings. The van der Waals surface area contributed by atoms with Crippen molar-refractivity contribution in [3.05, 3.63) is 48.5 Å². The Bertz CT molecular complexity index is 215. The molecule has 1 unspecified atom stereocenters. The Morgan fingerprint density at radius 1 is 1.08 bits per heavy atom. The van der Waals surface area contributed by atoms with Crippen molar-refractivity contribution < 1.29 is 8.93 Å². The molecular weight excluding hydrogens is 171 g/mol. The molecule has 1 heterocycles. The lowest BCUT2D eigenvalue weighted by Gasteiger charge is -1.62. The van der Waals surface area contributed by atoms with Crippen LogP contribution in [-0.2, 0) is 0 Å². The molecule has 3 heteroatoms. The molecule has 1 aliphatic carbocycles. The average molecular weight is 182 g/mol. The standard InChI is InChI=1S/C5H6.C4H5O2P/c1-2-4-5-3-1;1-2-4-7-6-5-3-1/h1-4H,5H2;1-4,7H. The van der Waals surface area contributed by atoms with E-state index in [0.29, 0.717) is 8.43 Å². The summed E-state index contributed by atoms with van der Waals surface area (Å²) in [6.07, 6.45) is 11.0. The van der Waals surface area contributed by atoms with E-state index in [9.17, 15) is 0 Å². The van der Waals surface area contributed by atoms with E-state index >= 15 is 0 Å². The Hall–Kier alpha value is -1.14. The van der Waals surface area contributed by atoms with E-state index in [1.165, 1.54) is 6.26 Å². The first-order valence-electron chi connectivity index (χ1n) is 3.71. The van der Waals surface area contributed by atoms with Crippen LogP contribution in [0.4, 0.5) is 0 Å². The number of rotatable bonds is 0. The Labute approximate surface area is 73.0 Å². The average Bonchev–Trinajstić information content (AvgIpc) is 2.54. The maximum Gasteiger partial charge on any atom is 0.143 e. The molecule has 1 atom stereocenters. The van der Waals surface area contributed by atoms with Gasteiger partial charge in [0, 0.05) is 0 Å². The van der Waals surface area contributed by atoms with Gasteiger partial charge in [-0.05, 0) is 18.3 Å². The van der Waals surface area contributed by atoms with Crippen molar-refractivity contribution in [1.82, 2.24) is 0 Å². The SMILES string of the molecule is C1=CCC=C1.c1cc[pH]ooc1. The molecule has 0 bridgehead atoms. The molecule has 1 aromatic rings. The molecule has 64 valence electrons. The molecule has 2 nitrogen and oxygen atoms in total. The van der Waals surface area contributed by atoms with E-state index in [4.69, 9.17) is 0 Å². The van der Waals surface area contributed by atoms with Gasteiger partial charge in [0.15, 0.2) is 0 Å². The van der Waals surface area contributed by atoms with E-state index in [2.05, 4.69) is 33.2 Å².